The van der Waals surface area contributed by atoms with Crippen molar-refractivity contribution in [2.45, 2.75) is 63.7 Å². The number of piperazine rings is 1. The number of hydrogen-bond donors (Lipinski definition) is 3. The Labute approximate surface area is 224 Å². The smallest absolute Gasteiger partial charge is 0.251 e. The van der Waals surface area contributed by atoms with Gasteiger partial charge in [0, 0.05) is 44.0 Å². The van der Waals surface area contributed by atoms with Crippen LogP contribution in [-0.2, 0) is 14.4 Å². The number of carbonyl (C=O) groups is 4. The van der Waals surface area contributed by atoms with Crippen molar-refractivity contribution in [1.29, 1.82) is 0 Å². The highest BCUT2D eigenvalue weighted by Gasteiger charge is 2.53. The van der Waals surface area contributed by atoms with Crippen molar-refractivity contribution in [3.63, 3.8) is 0 Å². The second-order valence-corrected chi connectivity index (χ2v) is 11.4. The Hall–Kier alpha value is -2.98. The molecule has 4 atom stereocenters. The maximum absolute atomic E-state index is 13.8. The third-order valence-electron chi connectivity index (χ3n) is 8.27. The van der Waals surface area contributed by atoms with E-state index in [0.717, 1.165) is 51.3 Å². The van der Waals surface area contributed by atoms with Crippen molar-refractivity contribution in [3.8, 4) is 0 Å². The molecular formula is C28H40N6O4. The molecule has 4 aliphatic heterocycles. The number of ketones is 1. The highest BCUT2D eigenvalue weighted by Crippen LogP contribution is 2.32. The standard InChI is InChI=1S/C28H40N6O4/c1-18(2)16-22(31-26(36)19-5-7-20(8-6-19)32-14-11-29-12-15-32)28(38)33-13-9-23-25(33)24(35)17-34(23)27(37)21-4-3-10-30-21/h5-8,18,21-23,25,29-30H,3-4,9-17H2,1-2H3,(H,31,36). The maximum Gasteiger partial charge on any atom is 0.251 e. The molecule has 206 valence electrons. The van der Waals surface area contributed by atoms with Crippen LogP contribution >= 0.6 is 0 Å². The van der Waals surface area contributed by atoms with Gasteiger partial charge in [0.05, 0.1) is 18.6 Å². The van der Waals surface area contributed by atoms with Gasteiger partial charge in [0.25, 0.3) is 5.91 Å². The average molecular weight is 525 g/mol. The molecule has 4 aliphatic rings. The Morgan fingerprint density at radius 1 is 1.00 bits per heavy atom. The molecule has 0 spiro atoms. The molecule has 0 saturated carbocycles. The van der Waals surface area contributed by atoms with Crippen molar-refractivity contribution in [2.75, 3.05) is 50.7 Å². The van der Waals surface area contributed by atoms with E-state index in [4.69, 9.17) is 0 Å². The van der Waals surface area contributed by atoms with Crippen LogP contribution in [0.25, 0.3) is 0 Å². The van der Waals surface area contributed by atoms with Gasteiger partial charge in [-0.3, -0.25) is 19.2 Å². The van der Waals surface area contributed by atoms with Crippen molar-refractivity contribution < 1.29 is 19.2 Å². The Balaban J connectivity index is 1.26. The summed E-state index contributed by atoms with van der Waals surface area (Å²) in [7, 11) is 0. The van der Waals surface area contributed by atoms with Crippen LogP contribution in [0.15, 0.2) is 24.3 Å². The zero-order valence-corrected chi connectivity index (χ0v) is 22.4. The first-order chi connectivity index (χ1) is 18.3. The van der Waals surface area contributed by atoms with Crippen molar-refractivity contribution in [2.24, 2.45) is 5.92 Å². The van der Waals surface area contributed by atoms with Crippen molar-refractivity contribution in [3.05, 3.63) is 29.8 Å². The fourth-order valence-electron chi connectivity index (χ4n) is 6.33. The number of nitrogens with one attached hydrogen (secondary N) is 3. The van der Waals surface area contributed by atoms with E-state index in [-0.39, 0.29) is 48.1 Å². The first-order valence-corrected chi connectivity index (χ1v) is 14.1. The van der Waals surface area contributed by atoms with E-state index < -0.39 is 12.1 Å². The summed E-state index contributed by atoms with van der Waals surface area (Å²) in [5, 5.41) is 9.52. The summed E-state index contributed by atoms with van der Waals surface area (Å²) in [4.78, 5) is 58.6. The zero-order valence-electron chi connectivity index (χ0n) is 22.4. The quantitative estimate of drug-likeness (QED) is 0.472. The topological polar surface area (TPSA) is 114 Å². The number of fused-ring (bicyclic) bond motifs is 1. The first kappa shape index (κ1) is 26.6. The highest BCUT2D eigenvalue weighted by molar-refractivity contribution is 6.01. The molecule has 0 radical (unpaired) electrons. The summed E-state index contributed by atoms with van der Waals surface area (Å²) in [5.41, 5.74) is 1.58. The van der Waals surface area contributed by atoms with E-state index in [2.05, 4.69) is 20.9 Å². The molecule has 10 nitrogen and oxygen atoms in total. The van der Waals surface area contributed by atoms with E-state index in [1.54, 1.807) is 21.9 Å². The summed E-state index contributed by atoms with van der Waals surface area (Å²) in [6, 6.07) is 5.62. The van der Waals surface area contributed by atoms with Gasteiger partial charge in [0.1, 0.15) is 12.1 Å². The van der Waals surface area contributed by atoms with Gasteiger partial charge >= 0.3 is 0 Å². The van der Waals surface area contributed by atoms with Crippen LogP contribution in [0.1, 0.15) is 49.9 Å². The molecule has 0 aromatic heterocycles. The van der Waals surface area contributed by atoms with Gasteiger partial charge in [-0.2, -0.15) is 0 Å². The minimum Gasteiger partial charge on any atom is -0.369 e. The first-order valence-electron chi connectivity index (χ1n) is 14.1. The lowest BCUT2D eigenvalue weighted by Crippen LogP contribution is -2.53. The third kappa shape index (κ3) is 5.42. The number of Topliss-reactive ketones (excluding diaryl/α,β-unsaturated/α-hetero) is 1. The van der Waals surface area contributed by atoms with Crippen LogP contribution < -0.4 is 20.9 Å². The molecule has 4 saturated heterocycles. The Morgan fingerprint density at radius 3 is 2.39 bits per heavy atom. The largest absolute Gasteiger partial charge is 0.369 e. The lowest BCUT2D eigenvalue weighted by molar-refractivity contribution is -0.138. The fraction of sp³-hybridized carbons (Fsp3) is 0.643. The van der Waals surface area contributed by atoms with E-state index in [9.17, 15) is 19.2 Å². The molecule has 1 aromatic rings. The monoisotopic (exact) mass is 524 g/mol. The van der Waals surface area contributed by atoms with Crippen LogP contribution in [0.3, 0.4) is 0 Å². The number of nitrogens with zero attached hydrogens (tertiary/aromatic N) is 3. The second-order valence-electron chi connectivity index (χ2n) is 11.4. The SMILES string of the molecule is CC(C)CC(NC(=O)c1ccc(N2CCNCC2)cc1)C(=O)N1CCC2C1C(=O)CN2C(=O)C1CCCN1. The predicted molar refractivity (Wildman–Crippen MR) is 144 cm³/mol. The van der Waals surface area contributed by atoms with Gasteiger partial charge in [0.2, 0.25) is 11.8 Å². The average Bonchev–Trinajstić information content (AvgIpc) is 3.67. The molecular weight excluding hydrogens is 484 g/mol. The van der Waals surface area contributed by atoms with E-state index in [0.29, 0.717) is 24.9 Å². The van der Waals surface area contributed by atoms with Crippen LogP contribution in [0.2, 0.25) is 0 Å². The van der Waals surface area contributed by atoms with Gasteiger partial charge in [-0.25, -0.2) is 0 Å². The predicted octanol–water partition coefficient (Wildman–Crippen LogP) is 0.374. The Bertz CT molecular complexity index is 1050. The fourth-order valence-corrected chi connectivity index (χ4v) is 6.33. The molecule has 0 bridgehead atoms. The van der Waals surface area contributed by atoms with Gasteiger partial charge in [-0.15, -0.1) is 0 Å². The van der Waals surface area contributed by atoms with Crippen molar-refractivity contribution >= 4 is 29.2 Å². The summed E-state index contributed by atoms with van der Waals surface area (Å²) in [5.74, 6) is -0.491. The second kappa shape index (κ2) is 11.4. The highest BCUT2D eigenvalue weighted by atomic mass is 16.2. The maximum atomic E-state index is 13.8. The van der Waals surface area contributed by atoms with Crippen molar-refractivity contribution in [1.82, 2.24) is 25.8 Å². The molecule has 5 rings (SSSR count). The molecule has 3 amide bonds. The summed E-state index contributed by atoms with van der Waals surface area (Å²) < 4.78 is 0. The molecule has 4 heterocycles. The number of rotatable bonds is 7. The third-order valence-corrected chi connectivity index (χ3v) is 8.27. The summed E-state index contributed by atoms with van der Waals surface area (Å²) in [6.07, 6.45) is 2.78. The van der Waals surface area contributed by atoms with E-state index >= 15 is 0 Å². The van der Waals surface area contributed by atoms with E-state index in [1.165, 1.54) is 0 Å². The molecule has 10 heteroatoms. The number of hydrogen-bond acceptors (Lipinski definition) is 7. The number of carbonyl (C=O) groups excluding carboxylic acids is 4. The molecule has 38 heavy (non-hydrogen) atoms. The Kier molecular flexibility index (Phi) is 7.99. The van der Waals surface area contributed by atoms with Gasteiger partial charge in [0.15, 0.2) is 5.78 Å². The number of anilines is 1. The number of amides is 3. The number of likely N-dealkylation sites (tertiary alicyclic amines) is 2. The molecule has 3 N–H and O–H groups in total. The van der Waals surface area contributed by atoms with Crippen LogP contribution in [0.5, 0.6) is 0 Å². The molecule has 4 fully saturated rings. The number of benzene rings is 1. The molecule has 4 unspecified atom stereocenters. The van der Waals surface area contributed by atoms with Crippen LogP contribution in [0.4, 0.5) is 5.69 Å². The van der Waals surface area contributed by atoms with Gasteiger partial charge in [-0.1, -0.05) is 13.8 Å². The summed E-state index contributed by atoms with van der Waals surface area (Å²) >= 11 is 0. The normalized spacial score (nSPS) is 26.1. The van der Waals surface area contributed by atoms with E-state index in [1.807, 2.05) is 26.0 Å². The zero-order chi connectivity index (χ0) is 26.8. The minimum absolute atomic E-state index is 0.0334. The minimum atomic E-state index is -0.733. The lowest BCUT2D eigenvalue weighted by atomic mass is 10.0. The molecule has 0 aliphatic carbocycles. The van der Waals surface area contributed by atoms with Gasteiger partial charge < -0.3 is 30.7 Å². The molecule has 1 aromatic carbocycles. The Morgan fingerprint density at radius 2 is 1.74 bits per heavy atom. The van der Waals surface area contributed by atoms with Crippen LogP contribution in [0, 0.1) is 5.92 Å². The lowest BCUT2D eigenvalue weighted by Gasteiger charge is -2.30. The van der Waals surface area contributed by atoms with Crippen LogP contribution in [-0.4, -0.2) is 103 Å². The van der Waals surface area contributed by atoms with Gasteiger partial charge in [-0.05, 0) is 62.4 Å². The summed E-state index contributed by atoms with van der Waals surface area (Å²) in [6.45, 7) is 9.01.